The SMILES string of the molecule is COc1ccc(C2=NN(C3CCSCC3)C(=O)C3CC=CCC23)cc1Cl. The van der Waals surface area contributed by atoms with Gasteiger partial charge < -0.3 is 4.74 Å². The molecule has 1 fully saturated rings. The van der Waals surface area contributed by atoms with Crippen LogP contribution in [0.5, 0.6) is 5.75 Å². The lowest BCUT2D eigenvalue weighted by Crippen LogP contribution is -2.50. The number of thioether (sulfide) groups is 1. The van der Waals surface area contributed by atoms with Gasteiger partial charge in [-0.1, -0.05) is 23.8 Å². The number of benzene rings is 1. The summed E-state index contributed by atoms with van der Waals surface area (Å²) in [6, 6.07) is 6.02. The van der Waals surface area contributed by atoms with E-state index >= 15 is 0 Å². The van der Waals surface area contributed by atoms with Gasteiger partial charge in [0.1, 0.15) is 5.75 Å². The molecule has 2 heterocycles. The predicted molar refractivity (Wildman–Crippen MR) is 107 cm³/mol. The lowest BCUT2D eigenvalue weighted by molar-refractivity contribution is -0.140. The average molecular weight is 391 g/mol. The summed E-state index contributed by atoms with van der Waals surface area (Å²) in [5, 5.41) is 7.27. The zero-order valence-electron chi connectivity index (χ0n) is 14.9. The summed E-state index contributed by atoms with van der Waals surface area (Å²) in [6.45, 7) is 0. The largest absolute Gasteiger partial charge is 0.495 e. The van der Waals surface area contributed by atoms with Gasteiger partial charge >= 0.3 is 0 Å². The molecule has 2 unspecified atom stereocenters. The molecule has 1 aliphatic carbocycles. The molecule has 0 bridgehead atoms. The number of ether oxygens (including phenoxy) is 1. The van der Waals surface area contributed by atoms with Gasteiger partial charge in [-0.25, -0.2) is 5.01 Å². The van der Waals surface area contributed by atoms with Crippen molar-refractivity contribution in [3.8, 4) is 5.75 Å². The monoisotopic (exact) mass is 390 g/mol. The van der Waals surface area contributed by atoms with Crippen molar-refractivity contribution in [2.45, 2.75) is 31.7 Å². The summed E-state index contributed by atoms with van der Waals surface area (Å²) in [5.41, 5.74) is 1.98. The second-order valence-electron chi connectivity index (χ2n) is 7.02. The molecule has 138 valence electrons. The van der Waals surface area contributed by atoms with Gasteiger partial charge in [0, 0.05) is 5.92 Å². The van der Waals surface area contributed by atoms with Gasteiger partial charge in [-0.15, -0.1) is 0 Å². The number of hydrogen-bond acceptors (Lipinski definition) is 4. The molecule has 26 heavy (non-hydrogen) atoms. The molecule has 1 aromatic carbocycles. The number of carbonyl (C=O) groups is 1. The van der Waals surface area contributed by atoms with Gasteiger partial charge in [-0.05, 0) is 61.0 Å². The van der Waals surface area contributed by atoms with E-state index in [0.29, 0.717) is 10.8 Å². The topological polar surface area (TPSA) is 41.9 Å². The molecule has 3 aliphatic rings. The molecule has 1 aromatic rings. The average Bonchev–Trinajstić information content (AvgIpc) is 2.69. The van der Waals surface area contributed by atoms with Crippen molar-refractivity contribution in [2.24, 2.45) is 16.9 Å². The first-order chi connectivity index (χ1) is 12.7. The molecule has 6 heteroatoms. The minimum Gasteiger partial charge on any atom is -0.495 e. The van der Waals surface area contributed by atoms with E-state index < -0.39 is 0 Å². The Morgan fingerprint density at radius 2 is 1.92 bits per heavy atom. The standard InChI is InChI=1S/C20H23ClN2O2S/c1-25-18-7-6-13(12-17(18)21)19-15-4-2-3-5-16(15)20(24)23(22-19)14-8-10-26-11-9-14/h2-3,6-7,12,14-16H,4-5,8-11H2,1H3. The van der Waals surface area contributed by atoms with E-state index in [1.54, 1.807) is 12.1 Å². The van der Waals surface area contributed by atoms with Crippen LogP contribution in [-0.4, -0.2) is 41.3 Å². The normalized spacial score (nSPS) is 26.5. The Morgan fingerprint density at radius 1 is 1.19 bits per heavy atom. The number of rotatable bonds is 3. The van der Waals surface area contributed by atoms with Crippen LogP contribution in [0.15, 0.2) is 35.5 Å². The highest BCUT2D eigenvalue weighted by atomic mass is 35.5. The van der Waals surface area contributed by atoms with Crippen LogP contribution in [-0.2, 0) is 4.79 Å². The van der Waals surface area contributed by atoms with Crippen molar-refractivity contribution in [2.75, 3.05) is 18.6 Å². The number of methoxy groups -OCH3 is 1. The third-order valence-electron chi connectivity index (χ3n) is 5.53. The van der Waals surface area contributed by atoms with Gasteiger partial charge in [0.05, 0.1) is 29.8 Å². The second-order valence-corrected chi connectivity index (χ2v) is 8.65. The third kappa shape index (κ3) is 3.27. The van der Waals surface area contributed by atoms with Crippen LogP contribution in [0.25, 0.3) is 0 Å². The van der Waals surface area contributed by atoms with E-state index in [1.165, 1.54) is 0 Å². The van der Waals surface area contributed by atoms with E-state index in [0.717, 1.165) is 48.5 Å². The third-order valence-corrected chi connectivity index (χ3v) is 6.87. The minimum absolute atomic E-state index is 0.0112. The molecule has 4 rings (SSSR count). The summed E-state index contributed by atoms with van der Waals surface area (Å²) in [6.07, 6.45) is 7.99. The number of hydrazone groups is 1. The van der Waals surface area contributed by atoms with E-state index in [4.69, 9.17) is 21.4 Å². The predicted octanol–water partition coefficient (Wildman–Crippen LogP) is 4.37. The number of halogens is 1. The summed E-state index contributed by atoms with van der Waals surface area (Å²) < 4.78 is 5.28. The van der Waals surface area contributed by atoms with Gasteiger partial charge in [0.25, 0.3) is 0 Å². The molecule has 2 aliphatic heterocycles. The van der Waals surface area contributed by atoms with Crippen molar-refractivity contribution < 1.29 is 9.53 Å². The molecule has 0 spiro atoms. The highest BCUT2D eigenvalue weighted by Crippen LogP contribution is 2.38. The highest BCUT2D eigenvalue weighted by Gasteiger charge is 2.42. The lowest BCUT2D eigenvalue weighted by Gasteiger charge is -2.41. The summed E-state index contributed by atoms with van der Waals surface area (Å²) in [4.78, 5) is 13.1. The first kappa shape index (κ1) is 17.9. The number of fused-ring (bicyclic) bond motifs is 1. The Hall–Kier alpha value is -1.46. The number of amides is 1. The Bertz CT molecular complexity index is 758. The van der Waals surface area contributed by atoms with Crippen molar-refractivity contribution in [1.82, 2.24) is 5.01 Å². The van der Waals surface area contributed by atoms with E-state index in [1.807, 2.05) is 30.0 Å². The molecule has 0 radical (unpaired) electrons. The van der Waals surface area contributed by atoms with Gasteiger partial charge in [0.15, 0.2) is 0 Å². The van der Waals surface area contributed by atoms with Gasteiger partial charge in [-0.3, -0.25) is 4.79 Å². The summed E-state index contributed by atoms with van der Waals surface area (Å²) in [5.74, 6) is 3.17. The molecule has 1 saturated heterocycles. The van der Waals surface area contributed by atoms with E-state index in [9.17, 15) is 4.79 Å². The fourth-order valence-electron chi connectivity index (χ4n) is 4.09. The molecule has 0 saturated carbocycles. The first-order valence-corrected chi connectivity index (χ1v) is 10.7. The van der Waals surface area contributed by atoms with Crippen molar-refractivity contribution in [3.63, 3.8) is 0 Å². The molecule has 0 N–H and O–H groups in total. The molecule has 1 amide bonds. The maximum atomic E-state index is 13.1. The van der Waals surface area contributed by atoms with Crippen molar-refractivity contribution in [3.05, 3.63) is 40.9 Å². The molecule has 4 nitrogen and oxygen atoms in total. The van der Waals surface area contributed by atoms with Crippen molar-refractivity contribution >= 4 is 35.0 Å². The summed E-state index contributed by atoms with van der Waals surface area (Å²) in [7, 11) is 1.61. The molecule has 0 aromatic heterocycles. The van der Waals surface area contributed by atoms with Crippen LogP contribution in [0, 0.1) is 11.8 Å². The number of nitrogens with zero attached hydrogens (tertiary/aromatic N) is 2. The van der Waals surface area contributed by atoms with Crippen LogP contribution >= 0.6 is 23.4 Å². The van der Waals surface area contributed by atoms with Crippen LogP contribution in [0.1, 0.15) is 31.2 Å². The number of allylic oxidation sites excluding steroid dienone is 2. The second kappa shape index (κ2) is 7.65. The number of carbonyl (C=O) groups excluding carboxylic acids is 1. The Balaban J connectivity index is 1.74. The van der Waals surface area contributed by atoms with Crippen molar-refractivity contribution in [1.29, 1.82) is 0 Å². The summed E-state index contributed by atoms with van der Waals surface area (Å²) >= 11 is 8.32. The zero-order valence-corrected chi connectivity index (χ0v) is 16.4. The van der Waals surface area contributed by atoms with E-state index in [2.05, 4.69) is 12.2 Å². The maximum absolute atomic E-state index is 13.1. The Morgan fingerprint density at radius 3 is 2.62 bits per heavy atom. The van der Waals surface area contributed by atoms with Crippen LogP contribution in [0.3, 0.4) is 0 Å². The Kier molecular flexibility index (Phi) is 5.28. The number of hydrogen-bond donors (Lipinski definition) is 0. The van der Waals surface area contributed by atoms with Crippen LogP contribution in [0.4, 0.5) is 0 Å². The minimum atomic E-state index is -0.0112. The molecular weight excluding hydrogens is 368 g/mol. The fraction of sp³-hybridized carbons (Fsp3) is 0.500. The highest BCUT2D eigenvalue weighted by molar-refractivity contribution is 7.99. The first-order valence-electron chi connectivity index (χ1n) is 9.17. The fourth-order valence-corrected chi connectivity index (χ4v) is 5.43. The van der Waals surface area contributed by atoms with E-state index in [-0.39, 0.29) is 23.8 Å². The van der Waals surface area contributed by atoms with Gasteiger partial charge in [0.2, 0.25) is 5.91 Å². The van der Waals surface area contributed by atoms with Gasteiger partial charge in [-0.2, -0.15) is 16.9 Å². The smallest absolute Gasteiger partial charge is 0.247 e. The maximum Gasteiger partial charge on any atom is 0.247 e. The van der Waals surface area contributed by atoms with Crippen LogP contribution in [0.2, 0.25) is 5.02 Å². The van der Waals surface area contributed by atoms with Crippen LogP contribution < -0.4 is 4.74 Å². The Labute approximate surface area is 163 Å². The molecule has 2 atom stereocenters. The lowest BCUT2D eigenvalue weighted by atomic mass is 9.76. The quantitative estimate of drug-likeness (QED) is 0.719. The zero-order chi connectivity index (χ0) is 18.1. The molecular formula is C20H23ClN2O2S.